The van der Waals surface area contributed by atoms with Crippen LogP contribution in [-0.2, 0) is 4.79 Å². The molecular weight excluding hydrogens is 233 g/mol. The molecule has 3 nitrogen and oxygen atoms in total. The number of alkyl halides is 3. The fourth-order valence-corrected chi connectivity index (χ4v) is 1.74. The van der Waals surface area contributed by atoms with Gasteiger partial charge in [0.2, 0.25) is 5.91 Å². The van der Waals surface area contributed by atoms with E-state index in [1.807, 2.05) is 0 Å². The van der Waals surface area contributed by atoms with Gasteiger partial charge in [-0.15, -0.1) is 0 Å². The van der Waals surface area contributed by atoms with E-state index >= 15 is 0 Å². The van der Waals surface area contributed by atoms with Crippen LogP contribution >= 0.6 is 0 Å². The van der Waals surface area contributed by atoms with E-state index < -0.39 is 30.7 Å². The summed E-state index contributed by atoms with van der Waals surface area (Å²) in [6.45, 7) is 0. The molecule has 2 rings (SSSR count). The Kier molecular flexibility index (Phi) is 3.06. The van der Waals surface area contributed by atoms with Gasteiger partial charge < -0.3 is 5.32 Å². The highest BCUT2D eigenvalue weighted by atomic mass is 19.4. The Morgan fingerprint density at radius 2 is 1.82 bits per heavy atom. The molecule has 1 aromatic rings. The number of amides is 1. The van der Waals surface area contributed by atoms with Crippen LogP contribution in [0.2, 0.25) is 0 Å². The van der Waals surface area contributed by atoms with E-state index in [1.165, 1.54) is 0 Å². The van der Waals surface area contributed by atoms with Crippen molar-refractivity contribution < 1.29 is 18.0 Å². The third-order valence-electron chi connectivity index (χ3n) is 2.59. The van der Waals surface area contributed by atoms with Crippen molar-refractivity contribution in [3.05, 3.63) is 35.9 Å². The normalized spacial score (nSPS) is 25.5. The van der Waals surface area contributed by atoms with Crippen molar-refractivity contribution in [1.82, 2.24) is 10.6 Å². The molecule has 17 heavy (non-hydrogen) atoms. The maximum absolute atomic E-state index is 12.6. The molecule has 2 N–H and O–H groups in total. The molecular formula is C11H11F3N2O. The molecule has 0 bridgehead atoms. The summed E-state index contributed by atoms with van der Waals surface area (Å²) >= 11 is 0. The third-order valence-corrected chi connectivity index (χ3v) is 2.59. The first-order chi connectivity index (χ1) is 7.97. The van der Waals surface area contributed by atoms with Gasteiger partial charge in [0.15, 0.2) is 0 Å². The highest BCUT2D eigenvalue weighted by Crippen LogP contribution is 2.27. The summed E-state index contributed by atoms with van der Waals surface area (Å²) in [6, 6.07) is 6.71. The average Bonchev–Trinajstić information content (AvgIpc) is 2.28. The Morgan fingerprint density at radius 1 is 1.18 bits per heavy atom. The highest BCUT2D eigenvalue weighted by molar-refractivity contribution is 5.78. The smallest absolute Gasteiger partial charge is 0.337 e. The van der Waals surface area contributed by atoms with E-state index in [0.717, 1.165) is 0 Å². The van der Waals surface area contributed by atoms with Crippen LogP contribution in [0.1, 0.15) is 18.2 Å². The molecule has 1 saturated heterocycles. The lowest BCUT2D eigenvalue weighted by Gasteiger charge is -2.32. The van der Waals surface area contributed by atoms with Gasteiger partial charge in [0, 0.05) is 0 Å². The number of halogens is 3. The average molecular weight is 244 g/mol. The predicted octanol–water partition coefficient (Wildman–Crippen LogP) is 1.73. The van der Waals surface area contributed by atoms with Crippen LogP contribution in [0, 0.1) is 0 Å². The summed E-state index contributed by atoms with van der Waals surface area (Å²) in [6.07, 6.45) is -5.78. The molecule has 0 radical (unpaired) electrons. The maximum atomic E-state index is 12.6. The molecule has 1 aromatic carbocycles. The van der Waals surface area contributed by atoms with Crippen LogP contribution in [0.25, 0.3) is 0 Å². The number of rotatable bonds is 1. The highest BCUT2D eigenvalue weighted by Gasteiger charge is 2.44. The van der Waals surface area contributed by atoms with Crippen molar-refractivity contribution in [1.29, 1.82) is 0 Å². The molecule has 1 aliphatic heterocycles. The molecule has 0 aromatic heterocycles. The van der Waals surface area contributed by atoms with Gasteiger partial charge in [0.05, 0.1) is 6.42 Å². The first-order valence-corrected chi connectivity index (χ1v) is 5.14. The number of hydrogen-bond acceptors (Lipinski definition) is 2. The van der Waals surface area contributed by atoms with Gasteiger partial charge in [-0.05, 0) is 5.56 Å². The van der Waals surface area contributed by atoms with Crippen LogP contribution in [0.5, 0.6) is 0 Å². The number of carbonyl (C=O) groups excluding carboxylic acids is 1. The SMILES string of the molecule is O=C1CC(C(F)(F)F)NC(c2ccccc2)N1. The maximum Gasteiger partial charge on any atom is 0.404 e. The molecule has 2 unspecified atom stereocenters. The Labute approximate surface area is 96.0 Å². The Bertz CT molecular complexity index is 405. The number of nitrogens with one attached hydrogen (secondary N) is 2. The molecule has 0 spiro atoms. The minimum atomic E-state index is -4.41. The molecule has 1 amide bonds. The lowest BCUT2D eigenvalue weighted by molar-refractivity contribution is -0.169. The summed E-state index contributed by atoms with van der Waals surface area (Å²) in [5.74, 6) is -0.597. The zero-order chi connectivity index (χ0) is 12.5. The van der Waals surface area contributed by atoms with Gasteiger partial charge in [0.1, 0.15) is 12.2 Å². The van der Waals surface area contributed by atoms with Crippen molar-refractivity contribution >= 4 is 5.91 Å². The van der Waals surface area contributed by atoms with Crippen LogP contribution < -0.4 is 10.6 Å². The molecule has 2 atom stereocenters. The first-order valence-electron chi connectivity index (χ1n) is 5.14. The molecule has 1 aliphatic rings. The van der Waals surface area contributed by atoms with Gasteiger partial charge in [-0.2, -0.15) is 13.2 Å². The topological polar surface area (TPSA) is 41.1 Å². The zero-order valence-corrected chi connectivity index (χ0v) is 8.79. The molecule has 6 heteroatoms. The number of benzene rings is 1. The summed E-state index contributed by atoms with van der Waals surface area (Å²) in [7, 11) is 0. The largest absolute Gasteiger partial charge is 0.404 e. The van der Waals surface area contributed by atoms with Crippen molar-refractivity contribution in [2.75, 3.05) is 0 Å². The van der Waals surface area contributed by atoms with Crippen molar-refractivity contribution in [2.45, 2.75) is 24.8 Å². The van der Waals surface area contributed by atoms with Gasteiger partial charge in [-0.25, -0.2) is 0 Å². The van der Waals surface area contributed by atoms with Crippen LogP contribution in [-0.4, -0.2) is 18.1 Å². The van der Waals surface area contributed by atoms with E-state index in [4.69, 9.17) is 0 Å². The minimum Gasteiger partial charge on any atom is -0.337 e. The van der Waals surface area contributed by atoms with Crippen molar-refractivity contribution in [3.8, 4) is 0 Å². The van der Waals surface area contributed by atoms with Crippen LogP contribution in [0.4, 0.5) is 13.2 Å². The lowest BCUT2D eigenvalue weighted by Crippen LogP contribution is -2.56. The predicted molar refractivity (Wildman–Crippen MR) is 54.9 cm³/mol. The van der Waals surface area contributed by atoms with E-state index in [0.29, 0.717) is 5.56 Å². The van der Waals surface area contributed by atoms with Crippen molar-refractivity contribution in [2.24, 2.45) is 0 Å². The summed E-state index contributed by atoms with van der Waals surface area (Å²) in [5, 5.41) is 4.87. The second-order valence-electron chi connectivity index (χ2n) is 3.88. The van der Waals surface area contributed by atoms with E-state index in [2.05, 4.69) is 10.6 Å². The quantitative estimate of drug-likeness (QED) is 0.789. The Morgan fingerprint density at radius 3 is 2.41 bits per heavy atom. The van der Waals surface area contributed by atoms with Crippen molar-refractivity contribution in [3.63, 3.8) is 0 Å². The van der Waals surface area contributed by atoms with Gasteiger partial charge in [-0.3, -0.25) is 10.1 Å². The van der Waals surface area contributed by atoms with E-state index in [9.17, 15) is 18.0 Å². The molecule has 1 fully saturated rings. The van der Waals surface area contributed by atoms with E-state index in [-0.39, 0.29) is 0 Å². The monoisotopic (exact) mass is 244 g/mol. The summed E-state index contributed by atoms with van der Waals surface area (Å²) in [5.41, 5.74) is 0.606. The van der Waals surface area contributed by atoms with E-state index in [1.54, 1.807) is 30.3 Å². The molecule has 0 aliphatic carbocycles. The molecule has 92 valence electrons. The molecule has 0 saturated carbocycles. The number of carbonyl (C=O) groups is 1. The standard InChI is InChI=1S/C11H11F3N2O/c12-11(13,14)8-6-9(17)16-10(15-8)7-4-2-1-3-5-7/h1-5,8,10,15H,6H2,(H,16,17). The van der Waals surface area contributed by atoms with Gasteiger partial charge >= 0.3 is 6.18 Å². The van der Waals surface area contributed by atoms with Gasteiger partial charge in [0.25, 0.3) is 0 Å². The second-order valence-corrected chi connectivity index (χ2v) is 3.88. The van der Waals surface area contributed by atoms with Crippen LogP contribution in [0.15, 0.2) is 30.3 Å². The lowest BCUT2D eigenvalue weighted by atomic mass is 10.1. The summed E-state index contributed by atoms with van der Waals surface area (Å²) < 4.78 is 37.7. The number of hydrogen-bond donors (Lipinski definition) is 2. The van der Waals surface area contributed by atoms with Gasteiger partial charge in [-0.1, -0.05) is 30.3 Å². The zero-order valence-electron chi connectivity index (χ0n) is 8.79. The fraction of sp³-hybridized carbons (Fsp3) is 0.364. The summed E-state index contributed by atoms with van der Waals surface area (Å²) in [4.78, 5) is 11.3. The third kappa shape index (κ3) is 2.76. The fourth-order valence-electron chi connectivity index (χ4n) is 1.74. The first kappa shape index (κ1) is 11.9. The van der Waals surface area contributed by atoms with Crippen LogP contribution in [0.3, 0.4) is 0 Å². The minimum absolute atomic E-state index is 0.577. The molecule has 1 heterocycles. The Balaban J connectivity index is 2.17. The Hall–Kier alpha value is -1.56. The second kappa shape index (κ2) is 4.37.